The summed E-state index contributed by atoms with van der Waals surface area (Å²) in [5.41, 5.74) is 1.86. The van der Waals surface area contributed by atoms with Crippen molar-refractivity contribution in [2.45, 2.75) is 77.0 Å². The van der Waals surface area contributed by atoms with E-state index in [9.17, 15) is 9.90 Å². The largest absolute Gasteiger partial charge is 0.439 e. The van der Waals surface area contributed by atoms with Crippen LogP contribution < -0.4 is 11.1 Å². The second kappa shape index (κ2) is 10.2. The van der Waals surface area contributed by atoms with Crippen LogP contribution in [0.3, 0.4) is 0 Å². The molecule has 1 unspecified atom stereocenters. The van der Waals surface area contributed by atoms with Crippen molar-refractivity contribution in [3.05, 3.63) is 33.0 Å². The quantitative estimate of drug-likeness (QED) is 0.279. The van der Waals surface area contributed by atoms with Gasteiger partial charge in [0.15, 0.2) is 17.1 Å². The van der Waals surface area contributed by atoms with E-state index in [2.05, 4.69) is 42.8 Å². The fourth-order valence-electron chi connectivity index (χ4n) is 5.73. The minimum atomic E-state index is -1.46. The number of hydrogen-bond acceptors (Lipinski definition) is 10. The molecule has 39 heavy (non-hydrogen) atoms. The third kappa shape index (κ3) is 4.85. The van der Waals surface area contributed by atoms with Gasteiger partial charge in [-0.2, -0.15) is 0 Å². The van der Waals surface area contributed by atoms with Crippen molar-refractivity contribution in [1.82, 2.24) is 34.6 Å². The average Bonchev–Trinajstić information content (AvgIpc) is 3.64. The molecule has 0 bridgehead atoms. The topological polar surface area (TPSA) is 148 Å². The lowest BCUT2D eigenvalue weighted by molar-refractivity contribution is 0.0828. The SMILES string of the molecule is C#C[C@H]1CC[C@H](Cn2c(C(C)(O)c3cscn3)nc3nc(-c4noc(=O)[nH]4)nc(N[C@H](C)C4CCC4)c32)CC1. The Balaban J connectivity index is 1.51. The van der Waals surface area contributed by atoms with Crippen molar-refractivity contribution in [1.29, 1.82) is 0 Å². The molecular weight excluding hydrogens is 516 g/mol. The Labute approximate surface area is 229 Å². The first-order chi connectivity index (χ1) is 18.8. The molecule has 0 aliphatic heterocycles. The molecule has 2 fully saturated rings. The molecule has 2 aliphatic carbocycles. The molecule has 11 nitrogen and oxygen atoms in total. The van der Waals surface area contributed by atoms with Crippen LogP contribution in [0.2, 0.25) is 0 Å². The molecule has 4 aromatic rings. The molecule has 12 heteroatoms. The van der Waals surface area contributed by atoms with Crippen LogP contribution in [0.1, 0.15) is 70.3 Å². The summed E-state index contributed by atoms with van der Waals surface area (Å²) in [6.45, 7) is 4.51. The Bertz CT molecular complexity index is 1550. The molecule has 4 heterocycles. The molecule has 0 spiro atoms. The summed E-state index contributed by atoms with van der Waals surface area (Å²) in [5, 5.41) is 21.1. The predicted molar refractivity (Wildman–Crippen MR) is 147 cm³/mol. The third-order valence-corrected chi connectivity index (χ3v) is 8.95. The van der Waals surface area contributed by atoms with Gasteiger partial charge in [0.25, 0.3) is 0 Å². The first kappa shape index (κ1) is 25.7. The molecule has 0 saturated heterocycles. The van der Waals surface area contributed by atoms with Crippen LogP contribution in [-0.2, 0) is 12.1 Å². The highest BCUT2D eigenvalue weighted by Gasteiger charge is 2.37. The Hall–Kier alpha value is -3.56. The van der Waals surface area contributed by atoms with E-state index in [1.54, 1.807) is 12.4 Å². The van der Waals surface area contributed by atoms with Crippen molar-refractivity contribution < 1.29 is 9.63 Å². The molecule has 0 radical (unpaired) electrons. The van der Waals surface area contributed by atoms with Crippen molar-refractivity contribution in [3.8, 4) is 24.0 Å². The summed E-state index contributed by atoms with van der Waals surface area (Å²) < 4.78 is 6.78. The molecule has 2 atom stereocenters. The van der Waals surface area contributed by atoms with Gasteiger partial charge in [0.2, 0.25) is 11.6 Å². The standard InChI is InChI=1S/C27H32N8O3S/c1-4-16-8-10-17(11-9-16)12-35-20-21(29-15(2)18-6-5-7-18)30-23(24-33-26(36)38-34-24)31-22(20)32-25(35)27(3,37)19-13-39-14-28-19/h1,13-18,37H,5-12H2,2-3H3,(H,29,30,31)(H,33,34,36)/t15-,16-,17-,27?/m1/s1. The summed E-state index contributed by atoms with van der Waals surface area (Å²) in [6, 6.07) is 0.165. The maximum atomic E-state index is 11.8. The van der Waals surface area contributed by atoms with E-state index in [1.165, 1.54) is 17.8 Å². The number of hydrogen-bond donors (Lipinski definition) is 3. The van der Waals surface area contributed by atoms with Gasteiger partial charge in [0.1, 0.15) is 11.3 Å². The van der Waals surface area contributed by atoms with Gasteiger partial charge < -0.3 is 15.0 Å². The van der Waals surface area contributed by atoms with E-state index in [0.717, 1.165) is 38.5 Å². The molecule has 3 N–H and O–H groups in total. The number of H-pyrrole nitrogens is 1. The van der Waals surface area contributed by atoms with E-state index in [-0.39, 0.29) is 17.7 Å². The molecule has 6 rings (SSSR count). The molecule has 204 valence electrons. The first-order valence-corrected chi connectivity index (χ1v) is 14.5. The number of aromatic nitrogens is 7. The van der Waals surface area contributed by atoms with Crippen LogP contribution in [0.25, 0.3) is 22.8 Å². The van der Waals surface area contributed by atoms with Crippen LogP contribution in [0.15, 0.2) is 20.2 Å². The number of nitrogens with one attached hydrogen (secondary N) is 2. The van der Waals surface area contributed by atoms with Gasteiger partial charge in [-0.3, -0.25) is 9.51 Å². The zero-order valence-corrected chi connectivity index (χ0v) is 22.9. The Morgan fingerprint density at radius 1 is 1.28 bits per heavy atom. The number of terminal acetylenes is 1. The van der Waals surface area contributed by atoms with Crippen molar-refractivity contribution in [3.63, 3.8) is 0 Å². The van der Waals surface area contributed by atoms with Crippen LogP contribution in [0.5, 0.6) is 0 Å². The maximum absolute atomic E-state index is 11.8. The van der Waals surface area contributed by atoms with Crippen LogP contribution in [0.4, 0.5) is 5.82 Å². The van der Waals surface area contributed by atoms with Crippen molar-refractivity contribution >= 4 is 28.3 Å². The number of rotatable bonds is 8. The second-order valence-electron chi connectivity index (χ2n) is 11.0. The summed E-state index contributed by atoms with van der Waals surface area (Å²) >= 11 is 1.42. The minimum Gasteiger partial charge on any atom is -0.376 e. The number of anilines is 1. The maximum Gasteiger partial charge on any atom is 0.439 e. The van der Waals surface area contributed by atoms with Gasteiger partial charge in [0, 0.05) is 23.9 Å². The average molecular weight is 549 g/mol. The number of aliphatic hydroxyl groups is 1. The summed E-state index contributed by atoms with van der Waals surface area (Å²) in [4.78, 5) is 33.0. The van der Waals surface area contributed by atoms with Gasteiger partial charge in [-0.15, -0.1) is 23.7 Å². The molecule has 2 aliphatic rings. The molecular formula is C27H32N8O3S. The number of imidazole rings is 1. The summed E-state index contributed by atoms with van der Waals surface area (Å²) in [6.07, 6.45) is 13.2. The lowest BCUT2D eigenvalue weighted by Gasteiger charge is -2.32. The fraction of sp³-hybridized carbons (Fsp3) is 0.556. The molecule has 0 amide bonds. The Kier molecular flexibility index (Phi) is 6.72. The number of aromatic amines is 1. The lowest BCUT2D eigenvalue weighted by atomic mass is 9.80. The number of fused-ring (bicyclic) bond motifs is 1. The molecule has 2 saturated carbocycles. The predicted octanol–water partition coefficient (Wildman–Crippen LogP) is 3.92. The van der Waals surface area contributed by atoms with Gasteiger partial charge in [0.05, 0.1) is 11.2 Å². The highest BCUT2D eigenvalue weighted by molar-refractivity contribution is 7.07. The van der Waals surface area contributed by atoms with Crippen LogP contribution in [-0.4, -0.2) is 45.8 Å². The number of nitrogens with zero attached hydrogens (tertiary/aromatic N) is 6. The van der Waals surface area contributed by atoms with E-state index >= 15 is 0 Å². The van der Waals surface area contributed by atoms with E-state index < -0.39 is 11.4 Å². The highest BCUT2D eigenvalue weighted by Crippen LogP contribution is 2.38. The van der Waals surface area contributed by atoms with Gasteiger partial charge in [-0.25, -0.2) is 24.7 Å². The lowest BCUT2D eigenvalue weighted by Crippen LogP contribution is -2.32. The van der Waals surface area contributed by atoms with Gasteiger partial charge >= 0.3 is 5.76 Å². The normalized spacial score (nSPS) is 22.2. The first-order valence-electron chi connectivity index (χ1n) is 13.5. The summed E-state index contributed by atoms with van der Waals surface area (Å²) in [5.74, 6) is 4.78. The Morgan fingerprint density at radius 3 is 2.69 bits per heavy atom. The number of thiazole rings is 1. The van der Waals surface area contributed by atoms with E-state index in [4.69, 9.17) is 20.9 Å². The monoisotopic (exact) mass is 548 g/mol. The van der Waals surface area contributed by atoms with E-state index in [0.29, 0.717) is 52.8 Å². The van der Waals surface area contributed by atoms with Gasteiger partial charge in [-0.05, 0) is 64.2 Å². The zero-order chi connectivity index (χ0) is 27.1. The van der Waals surface area contributed by atoms with Crippen molar-refractivity contribution in [2.75, 3.05) is 5.32 Å². The Morgan fingerprint density at radius 2 is 2.08 bits per heavy atom. The molecule has 0 aromatic carbocycles. The van der Waals surface area contributed by atoms with Gasteiger partial charge in [-0.1, -0.05) is 11.6 Å². The summed E-state index contributed by atoms with van der Waals surface area (Å²) in [7, 11) is 0. The highest BCUT2D eigenvalue weighted by atomic mass is 32.1. The fourth-order valence-corrected chi connectivity index (χ4v) is 6.38. The smallest absolute Gasteiger partial charge is 0.376 e. The zero-order valence-electron chi connectivity index (χ0n) is 22.1. The van der Waals surface area contributed by atoms with E-state index in [1.807, 2.05) is 5.38 Å². The second-order valence-corrected chi connectivity index (χ2v) is 11.7. The molecule has 4 aromatic heterocycles. The third-order valence-electron chi connectivity index (χ3n) is 8.37. The van der Waals surface area contributed by atoms with Crippen LogP contribution in [0, 0.1) is 30.1 Å². The van der Waals surface area contributed by atoms with Crippen LogP contribution >= 0.6 is 11.3 Å². The van der Waals surface area contributed by atoms with Crippen molar-refractivity contribution in [2.24, 2.45) is 17.8 Å². The minimum absolute atomic E-state index is 0.121.